The molecule has 0 amide bonds. The summed E-state index contributed by atoms with van der Waals surface area (Å²) in [5.41, 5.74) is 2.48. The molecule has 4 nitrogen and oxygen atoms in total. The summed E-state index contributed by atoms with van der Waals surface area (Å²) in [6.07, 6.45) is -2.75. The molecule has 0 aromatic rings. The fourth-order valence-electron chi connectivity index (χ4n) is 2.44. The molecule has 8 heteroatoms. The van der Waals surface area contributed by atoms with E-state index in [1.807, 2.05) is 0 Å². The van der Waals surface area contributed by atoms with Crippen LogP contribution in [0.5, 0.6) is 0 Å². The van der Waals surface area contributed by atoms with Crippen molar-refractivity contribution >= 4 is 23.0 Å². The van der Waals surface area contributed by atoms with Crippen molar-refractivity contribution in [2.45, 2.75) is 37.6 Å². The lowest BCUT2D eigenvalue weighted by Crippen LogP contribution is -2.62. The van der Waals surface area contributed by atoms with E-state index in [2.05, 4.69) is 17.3 Å². The number of nitrogens with two attached hydrogens (primary N) is 1. The average molecular weight is 267 g/mol. The van der Waals surface area contributed by atoms with Gasteiger partial charge in [-0.15, -0.1) is 0 Å². The third-order valence-electron chi connectivity index (χ3n) is 3.24. The van der Waals surface area contributed by atoms with Crippen molar-refractivity contribution in [3.05, 3.63) is 0 Å². The maximum Gasteiger partial charge on any atom is 0.439 e. The molecule has 1 aliphatic carbocycles. The Balaban J connectivity index is 2.45. The number of nitrogens with zero attached hydrogens (tertiary/aromatic N) is 2. The smallest absolute Gasteiger partial charge is 0.375 e. The molecule has 0 radical (unpaired) electrons. The Bertz CT molecular complexity index is 384. The Hall–Kier alpha value is -0.890. The van der Waals surface area contributed by atoms with Crippen LogP contribution in [-0.2, 0) is 0 Å². The van der Waals surface area contributed by atoms with Crippen LogP contribution in [0.1, 0.15) is 25.7 Å². The minimum Gasteiger partial charge on any atom is -0.375 e. The molecule has 0 aromatic carbocycles. The summed E-state index contributed by atoms with van der Waals surface area (Å²) in [6.45, 7) is 0. The highest BCUT2D eigenvalue weighted by molar-refractivity contribution is 7.80. The standard InChI is InChI=1S/C9H12F3N3OS/c10-9(11,12)8(16)5-3-1-2-4-6(5)14-15(8)7(13)17/h5,16H,1-4H2,(H2,13,17). The lowest BCUT2D eigenvalue weighted by atomic mass is 9.80. The van der Waals surface area contributed by atoms with E-state index in [0.717, 1.165) is 6.42 Å². The minimum atomic E-state index is -4.84. The third kappa shape index (κ3) is 1.70. The highest BCUT2D eigenvalue weighted by Crippen LogP contribution is 2.47. The fourth-order valence-corrected chi connectivity index (χ4v) is 2.62. The second kappa shape index (κ2) is 3.81. The van der Waals surface area contributed by atoms with Gasteiger partial charge in [-0.1, -0.05) is 6.42 Å². The van der Waals surface area contributed by atoms with E-state index in [0.29, 0.717) is 23.6 Å². The minimum absolute atomic E-state index is 0.244. The SMILES string of the molecule is NC(=S)N1N=C2CCCCC2C1(O)C(F)(F)F. The van der Waals surface area contributed by atoms with Crippen molar-refractivity contribution in [3.63, 3.8) is 0 Å². The van der Waals surface area contributed by atoms with E-state index in [4.69, 9.17) is 5.73 Å². The monoisotopic (exact) mass is 267 g/mol. The summed E-state index contributed by atoms with van der Waals surface area (Å²) in [7, 11) is 0. The van der Waals surface area contributed by atoms with Gasteiger partial charge in [0.05, 0.1) is 5.92 Å². The number of alkyl halides is 3. The van der Waals surface area contributed by atoms with Gasteiger partial charge in [-0.25, -0.2) is 0 Å². The highest BCUT2D eigenvalue weighted by Gasteiger charge is 2.67. The molecule has 96 valence electrons. The molecule has 2 unspecified atom stereocenters. The maximum atomic E-state index is 13.0. The predicted octanol–water partition coefficient (Wildman–Crippen LogP) is 1.34. The number of thiocarbonyl (C=S) groups is 1. The Morgan fingerprint density at radius 1 is 1.53 bits per heavy atom. The fraction of sp³-hybridized carbons (Fsp3) is 0.778. The van der Waals surface area contributed by atoms with Crippen LogP contribution in [0.15, 0.2) is 5.10 Å². The third-order valence-corrected chi connectivity index (χ3v) is 3.41. The van der Waals surface area contributed by atoms with Crippen LogP contribution in [0.25, 0.3) is 0 Å². The van der Waals surface area contributed by atoms with E-state index in [1.165, 1.54) is 0 Å². The van der Waals surface area contributed by atoms with E-state index in [9.17, 15) is 18.3 Å². The molecule has 3 N–H and O–H groups in total. The Labute approximate surface area is 101 Å². The second-order valence-electron chi connectivity index (χ2n) is 4.26. The van der Waals surface area contributed by atoms with Crippen LogP contribution >= 0.6 is 12.2 Å². The highest BCUT2D eigenvalue weighted by atomic mass is 32.1. The summed E-state index contributed by atoms with van der Waals surface area (Å²) in [4.78, 5) is 0. The molecule has 17 heavy (non-hydrogen) atoms. The number of halogens is 3. The van der Waals surface area contributed by atoms with E-state index in [-0.39, 0.29) is 6.42 Å². The van der Waals surface area contributed by atoms with Crippen molar-refractivity contribution in [2.75, 3.05) is 0 Å². The van der Waals surface area contributed by atoms with Gasteiger partial charge >= 0.3 is 6.18 Å². The first-order chi connectivity index (χ1) is 7.78. The van der Waals surface area contributed by atoms with Crippen molar-refractivity contribution in [2.24, 2.45) is 16.8 Å². The van der Waals surface area contributed by atoms with Crippen LogP contribution in [0.3, 0.4) is 0 Å². The van der Waals surface area contributed by atoms with Crippen molar-refractivity contribution in [1.29, 1.82) is 0 Å². The van der Waals surface area contributed by atoms with Gasteiger partial charge < -0.3 is 10.8 Å². The molecule has 0 spiro atoms. The lowest BCUT2D eigenvalue weighted by Gasteiger charge is -2.38. The molecular weight excluding hydrogens is 255 g/mol. The molecule has 0 aromatic heterocycles. The Kier molecular flexibility index (Phi) is 2.81. The zero-order chi connectivity index (χ0) is 12.8. The number of rotatable bonds is 0. The van der Waals surface area contributed by atoms with Gasteiger partial charge in [-0.2, -0.15) is 23.3 Å². The van der Waals surface area contributed by atoms with Crippen LogP contribution < -0.4 is 5.73 Å². The molecule has 0 bridgehead atoms. The van der Waals surface area contributed by atoms with Crippen LogP contribution in [0.4, 0.5) is 13.2 Å². The van der Waals surface area contributed by atoms with Crippen molar-refractivity contribution < 1.29 is 18.3 Å². The largest absolute Gasteiger partial charge is 0.439 e. The summed E-state index contributed by atoms with van der Waals surface area (Å²) in [5.74, 6) is -1.06. The first-order valence-corrected chi connectivity index (χ1v) is 5.65. The molecule has 2 aliphatic rings. The van der Waals surface area contributed by atoms with Gasteiger partial charge in [0, 0.05) is 5.71 Å². The molecule has 2 atom stereocenters. The van der Waals surface area contributed by atoms with E-state index < -0.39 is 22.9 Å². The first-order valence-electron chi connectivity index (χ1n) is 5.24. The number of aliphatic hydroxyl groups is 1. The number of fused-ring (bicyclic) bond motifs is 1. The first kappa shape index (κ1) is 12.6. The van der Waals surface area contributed by atoms with Crippen LogP contribution in [-0.4, -0.2) is 32.8 Å². The average Bonchev–Trinajstić information content (AvgIpc) is 2.54. The van der Waals surface area contributed by atoms with Gasteiger partial charge in [0.2, 0.25) is 0 Å². The number of hydrazone groups is 1. The van der Waals surface area contributed by atoms with Crippen LogP contribution in [0.2, 0.25) is 0 Å². The van der Waals surface area contributed by atoms with Gasteiger partial charge in [0.25, 0.3) is 5.72 Å². The molecule has 1 heterocycles. The molecule has 1 aliphatic heterocycles. The number of hydrogen-bond donors (Lipinski definition) is 2. The van der Waals surface area contributed by atoms with E-state index in [1.54, 1.807) is 0 Å². The topological polar surface area (TPSA) is 61.8 Å². The van der Waals surface area contributed by atoms with Crippen molar-refractivity contribution in [1.82, 2.24) is 5.01 Å². The number of hydrogen-bond acceptors (Lipinski definition) is 3. The summed E-state index contributed by atoms with van der Waals surface area (Å²) in [6, 6.07) is 0. The quantitative estimate of drug-likeness (QED) is 0.650. The van der Waals surface area contributed by atoms with E-state index >= 15 is 0 Å². The molecule has 1 saturated carbocycles. The summed E-state index contributed by atoms with van der Waals surface area (Å²) >= 11 is 4.53. The maximum absolute atomic E-state index is 13.0. The molecule has 1 fully saturated rings. The predicted molar refractivity (Wildman–Crippen MR) is 59.0 cm³/mol. The lowest BCUT2D eigenvalue weighted by molar-refractivity contribution is -0.309. The summed E-state index contributed by atoms with van der Waals surface area (Å²) in [5, 5.41) is 13.5. The second-order valence-corrected chi connectivity index (χ2v) is 4.68. The Morgan fingerprint density at radius 3 is 2.71 bits per heavy atom. The molecular formula is C9H12F3N3OS. The molecule has 0 saturated heterocycles. The van der Waals surface area contributed by atoms with Crippen molar-refractivity contribution in [3.8, 4) is 0 Å². The zero-order valence-corrected chi connectivity index (χ0v) is 9.68. The summed E-state index contributed by atoms with van der Waals surface area (Å²) < 4.78 is 39.1. The molecule has 2 rings (SSSR count). The van der Waals surface area contributed by atoms with Gasteiger partial charge in [0.1, 0.15) is 0 Å². The van der Waals surface area contributed by atoms with Crippen LogP contribution in [0, 0.1) is 5.92 Å². The van der Waals surface area contributed by atoms with Gasteiger partial charge in [-0.05, 0) is 31.5 Å². The Morgan fingerprint density at radius 2 is 2.18 bits per heavy atom. The van der Waals surface area contributed by atoms with Gasteiger partial charge in [-0.3, -0.25) is 0 Å². The van der Waals surface area contributed by atoms with Gasteiger partial charge in [0.15, 0.2) is 5.11 Å². The zero-order valence-electron chi connectivity index (χ0n) is 8.87. The normalized spacial score (nSPS) is 33.3.